The molecule has 0 aliphatic carbocycles. The van der Waals surface area contributed by atoms with Gasteiger partial charge < -0.3 is 10.9 Å². The molecular formula is C13H20LiO3P. The Balaban J connectivity index is 0. The van der Waals surface area contributed by atoms with E-state index in [0.717, 1.165) is 6.42 Å². The first kappa shape index (κ1) is 17.5. The number of ketones is 1. The Morgan fingerprint density at radius 2 is 2.06 bits per heavy atom. The molecule has 96 valence electrons. The number of hydrogen-bond donors (Lipinski definition) is 0. The number of ether oxygens (including phenoxy) is 2. The molecule has 3 nitrogen and oxygen atoms in total. The predicted molar refractivity (Wildman–Crippen MR) is 73.4 cm³/mol. The number of rotatable bonds is 6. The number of Topliss-reactive ketones (excluding diaryl/α,β-unsaturated/α-hetero) is 1. The topological polar surface area (TPSA) is 35.5 Å². The zero-order valence-corrected chi connectivity index (χ0v) is 12.7. The van der Waals surface area contributed by atoms with Gasteiger partial charge in [-0.25, -0.2) is 0 Å². The molecule has 0 aliphatic rings. The Labute approximate surface area is 124 Å². The van der Waals surface area contributed by atoms with E-state index in [-0.39, 0.29) is 26.1 Å². The maximum absolute atomic E-state index is 12.0. The van der Waals surface area contributed by atoms with E-state index in [2.05, 4.69) is 16.2 Å². The first-order valence-electron chi connectivity index (χ1n) is 5.59. The van der Waals surface area contributed by atoms with Crippen LogP contribution in [0.15, 0.2) is 18.2 Å². The van der Waals surface area contributed by atoms with Crippen molar-refractivity contribution in [1.29, 1.82) is 0 Å². The van der Waals surface area contributed by atoms with Crippen LogP contribution in [-0.2, 0) is 0 Å². The zero-order valence-electron chi connectivity index (χ0n) is 12.5. The molecule has 0 fully saturated rings. The van der Waals surface area contributed by atoms with E-state index < -0.39 is 0 Å². The van der Waals surface area contributed by atoms with Crippen molar-refractivity contribution in [3.8, 4) is 11.5 Å². The van der Waals surface area contributed by atoms with Crippen molar-refractivity contribution in [2.75, 3.05) is 14.2 Å². The van der Waals surface area contributed by atoms with Crippen molar-refractivity contribution in [3.05, 3.63) is 23.8 Å². The van der Waals surface area contributed by atoms with Gasteiger partial charge in [0.15, 0.2) is 5.78 Å². The van der Waals surface area contributed by atoms with E-state index in [1.165, 1.54) is 0 Å². The predicted octanol–water partition coefficient (Wildman–Crippen LogP) is 0.0468. The summed E-state index contributed by atoms with van der Waals surface area (Å²) in [5.74, 6) is 1.38. The minimum atomic E-state index is 0. The molecule has 0 N–H and O–H groups in total. The van der Waals surface area contributed by atoms with Crippen molar-refractivity contribution in [2.45, 2.75) is 25.4 Å². The number of carbonyl (C=O) groups is 1. The largest absolute Gasteiger partial charge is 1.00 e. The molecule has 5 heteroatoms. The quantitative estimate of drug-likeness (QED) is 0.413. The Hall–Kier alpha value is -0.483. The second kappa shape index (κ2) is 8.59. The smallest absolute Gasteiger partial charge is 1.00 e. The van der Waals surface area contributed by atoms with E-state index in [0.29, 0.717) is 29.1 Å². The van der Waals surface area contributed by atoms with Gasteiger partial charge in [-0.05, 0) is 24.2 Å². The van der Waals surface area contributed by atoms with E-state index >= 15 is 0 Å². The van der Waals surface area contributed by atoms with Crippen LogP contribution in [0.5, 0.6) is 11.5 Å². The summed E-state index contributed by atoms with van der Waals surface area (Å²) in [6, 6.07) is 5.27. The molecule has 2 unspecified atom stereocenters. The second-order valence-electron chi connectivity index (χ2n) is 4.01. The van der Waals surface area contributed by atoms with Gasteiger partial charge in [0.1, 0.15) is 11.5 Å². The Morgan fingerprint density at radius 1 is 1.39 bits per heavy atom. The third-order valence-electron chi connectivity index (χ3n) is 2.54. The molecule has 0 heterocycles. The van der Waals surface area contributed by atoms with Crippen LogP contribution in [0.4, 0.5) is 0 Å². The Bertz CT molecular complexity index is 399. The van der Waals surface area contributed by atoms with Crippen LogP contribution in [0.1, 0.15) is 31.6 Å². The molecule has 1 aromatic carbocycles. The summed E-state index contributed by atoms with van der Waals surface area (Å²) in [5, 5.41) is 0. The van der Waals surface area contributed by atoms with Gasteiger partial charge in [-0.3, -0.25) is 4.79 Å². The number of carbonyl (C=O) groups excluding carboxylic acids is 1. The normalized spacial score (nSPS) is 11.3. The summed E-state index contributed by atoms with van der Waals surface area (Å²) in [7, 11) is 5.85. The average molecular weight is 262 g/mol. The third-order valence-corrected chi connectivity index (χ3v) is 2.87. The van der Waals surface area contributed by atoms with E-state index in [1.807, 2.05) is 0 Å². The summed E-state index contributed by atoms with van der Waals surface area (Å²) < 4.78 is 10.3. The molecule has 1 aromatic rings. The standard InChI is InChI=1S/C13H19O3P.Li.H/c1-9(17)4-7-12(14)11-6-5-10(15-2)8-13(11)16-3;;/h5-6,8-9H,4,7,17H2,1-3H3;;/q;+1;-1. The Morgan fingerprint density at radius 3 is 2.56 bits per heavy atom. The summed E-state index contributed by atoms with van der Waals surface area (Å²) in [6.45, 7) is 2.07. The first-order chi connectivity index (χ1) is 8.08. The van der Waals surface area contributed by atoms with Crippen molar-refractivity contribution < 1.29 is 34.6 Å². The van der Waals surface area contributed by atoms with Gasteiger partial charge in [-0.1, -0.05) is 6.92 Å². The van der Waals surface area contributed by atoms with Crippen LogP contribution in [0.25, 0.3) is 0 Å². The molecule has 0 saturated carbocycles. The van der Waals surface area contributed by atoms with Crippen LogP contribution in [0.2, 0.25) is 0 Å². The monoisotopic (exact) mass is 262 g/mol. The maximum Gasteiger partial charge on any atom is 1.00 e. The van der Waals surface area contributed by atoms with Gasteiger partial charge >= 0.3 is 18.9 Å². The van der Waals surface area contributed by atoms with Crippen molar-refractivity contribution in [1.82, 2.24) is 0 Å². The summed E-state index contributed by atoms with van der Waals surface area (Å²) in [4.78, 5) is 12.0. The van der Waals surface area contributed by atoms with Crippen molar-refractivity contribution >= 4 is 15.0 Å². The van der Waals surface area contributed by atoms with Crippen LogP contribution < -0.4 is 28.3 Å². The maximum atomic E-state index is 12.0. The molecule has 0 amide bonds. The fraction of sp³-hybridized carbons (Fsp3) is 0.462. The van der Waals surface area contributed by atoms with Crippen LogP contribution in [0.3, 0.4) is 0 Å². The molecular weight excluding hydrogens is 242 g/mol. The van der Waals surface area contributed by atoms with E-state index in [1.54, 1.807) is 32.4 Å². The zero-order chi connectivity index (χ0) is 12.8. The van der Waals surface area contributed by atoms with Gasteiger partial charge in [-0.15, -0.1) is 9.24 Å². The number of hydrogen-bond acceptors (Lipinski definition) is 3. The molecule has 0 bridgehead atoms. The number of methoxy groups -OCH3 is 2. The molecule has 0 spiro atoms. The Kier molecular flexibility index (Phi) is 8.36. The van der Waals surface area contributed by atoms with E-state index in [9.17, 15) is 4.79 Å². The van der Waals surface area contributed by atoms with Crippen molar-refractivity contribution in [3.63, 3.8) is 0 Å². The molecule has 2 atom stereocenters. The molecule has 0 aromatic heterocycles. The number of benzene rings is 1. The summed E-state index contributed by atoms with van der Waals surface area (Å²) >= 11 is 0. The molecule has 1 rings (SSSR count). The molecule has 0 saturated heterocycles. The van der Waals surface area contributed by atoms with Gasteiger partial charge in [0.05, 0.1) is 19.8 Å². The minimum absolute atomic E-state index is 0. The SMILES string of the molecule is COc1ccc(C(=O)CCC(C)P)c(OC)c1.[H-].[Li+]. The van der Waals surface area contributed by atoms with Crippen LogP contribution in [-0.4, -0.2) is 25.7 Å². The molecule has 18 heavy (non-hydrogen) atoms. The van der Waals surface area contributed by atoms with Crippen LogP contribution >= 0.6 is 9.24 Å². The first-order valence-corrected chi connectivity index (χ1v) is 6.26. The summed E-state index contributed by atoms with van der Waals surface area (Å²) in [6.07, 6.45) is 1.39. The van der Waals surface area contributed by atoms with Gasteiger partial charge in [-0.2, -0.15) is 0 Å². The van der Waals surface area contributed by atoms with Gasteiger partial charge in [0.25, 0.3) is 0 Å². The average Bonchev–Trinajstić information content (AvgIpc) is 2.34. The van der Waals surface area contributed by atoms with Crippen LogP contribution in [0, 0.1) is 0 Å². The van der Waals surface area contributed by atoms with Gasteiger partial charge in [0, 0.05) is 12.5 Å². The third kappa shape index (κ3) is 5.02. The van der Waals surface area contributed by atoms with E-state index in [4.69, 9.17) is 9.47 Å². The molecule has 0 aliphatic heterocycles. The van der Waals surface area contributed by atoms with Gasteiger partial charge in [0.2, 0.25) is 0 Å². The minimum Gasteiger partial charge on any atom is -1.00 e. The fourth-order valence-corrected chi connectivity index (χ4v) is 1.69. The molecule has 0 radical (unpaired) electrons. The summed E-state index contributed by atoms with van der Waals surface area (Å²) in [5.41, 5.74) is 1.07. The fourth-order valence-electron chi connectivity index (χ4n) is 1.52. The second-order valence-corrected chi connectivity index (χ2v) is 5.14. The van der Waals surface area contributed by atoms with Crippen molar-refractivity contribution in [2.24, 2.45) is 0 Å².